The Hall–Kier alpha value is -2.56. The lowest BCUT2D eigenvalue weighted by Crippen LogP contribution is -2.32. The zero-order chi connectivity index (χ0) is 18.3. The summed E-state index contributed by atoms with van der Waals surface area (Å²) in [6, 6.07) is 16.5. The summed E-state index contributed by atoms with van der Waals surface area (Å²) < 4.78 is 0. The van der Waals surface area contributed by atoms with E-state index in [0.717, 1.165) is 11.3 Å². The summed E-state index contributed by atoms with van der Waals surface area (Å²) in [5.74, 6) is -0.104. The van der Waals surface area contributed by atoms with Crippen molar-refractivity contribution in [2.24, 2.45) is 0 Å². The van der Waals surface area contributed by atoms with Crippen LogP contribution >= 0.6 is 23.2 Å². The summed E-state index contributed by atoms with van der Waals surface area (Å²) in [5, 5.41) is 4.41. The number of amides is 1. The summed E-state index contributed by atoms with van der Waals surface area (Å²) >= 11 is 12.4. The van der Waals surface area contributed by atoms with E-state index in [1.165, 1.54) is 0 Å². The number of aryl methyl sites for hydroxylation is 1. The number of nitrogens with zero attached hydrogens (tertiary/aromatic N) is 2. The van der Waals surface area contributed by atoms with E-state index in [2.05, 4.69) is 10.3 Å². The predicted octanol–water partition coefficient (Wildman–Crippen LogP) is 5.47. The first-order chi connectivity index (χ1) is 12.5. The minimum absolute atomic E-state index is 0.104. The van der Waals surface area contributed by atoms with E-state index >= 15 is 0 Å². The molecule has 1 aliphatic heterocycles. The SMILES string of the molecule is Cc1ccc(N2C(=O)c3cccnc3[C@@H]2Nc2cc(Cl)ccc2Cl)cc1. The maximum atomic E-state index is 13.0. The van der Waals surface area contributed by atoms with E-state index < -0.39 is 6.17 Å². The van der Waals surface area contributed by atoms with Crippen LogP contribution in [0.4, 0.5) is 11.4 Å². The van der Waals surface area contributed by atoms with Gasteiger partial charge in [0.05, 0.1) is 22.0 Å². The Balaban J connectivity index is 1.80. The van der Waals surface area contributed by atoms with Crippen molar-refractivity contribution in [3.05, 3.63) is 87.7 Å². The van der Waals surface area contributed by atoms with Crippen LogP contribution in [0.15, 0.2) is 60.8 Å². The van der Waals surface area contributed by atoms with Crippen LogP contribution < -0.4 is 10.2 Å². The molecule has 0 saturated carbocycles. The minimum Gasteiger partial charge on any atom is -0.359 e. The second-order valence-electron chi connectivity index (χ2n) is 6.12. The lowest BCUT2D eigenvalue weighted by atomic mass is 10.2. The highest BCUT2D eigenvalue weighted by Gasteiger charge is 2.39. The van der Waals surface area contributed by atoms with Crippen molar-refractivity contribution < 1.29 is 4.79 Å². The first-order valence-electron chi connectivity index (χ1n) is 8.11. The maximum absolute atomic E-state index is 13.0. The van der Waals surface area contributed by atoms with Crippen LogP contribution in [0.5, 0.6) is 0 Å². The van der Waals surface area contributed by atoms with E-state index in [1.54, 1.807) is 41.4 Å². The molecule has 1 aliphatic rings. The van der Waals surface area contributed by atoms with Gasteiger partial charge in [-0.3, -0.25) is 14.7 Å². The number of hydrogen-bond acceptors (Lipinski definition) is 3. The Morgan fingerprint density at radius 3 is 2.62 bits per heavy atom. The molecule has 4 rings (SSSR count). The number of aromatic nitrogens is 1. The van der Waals surface area contributed by atoms with Crippen molar-refractivity contribution in [1.82, 2.24) is 4.98 Å². The van der Waals surface area contributed by atoms with Crippen molar-refractivity contribution in [3.63, 3.8) is 0 Å². The number of halogens is 2. The molecule has 0 bridgehead atoms. The molecule has 0 unspecified atom stereocenters. The Morgan fingerprint density at radius 1 is 1.08 bits per heavy atom. The second kappa shape index (κ2) is 6.63. The molecule has 2 heterocycles. The van der Waals surface area contributed by atoms with Gasteiger partial charge in [-0.15, -0.1) is 0 Å². The molecule has 2 aromatic carbocycles. The van der Waals surface area contributed by atoms with Crippen LogP contribution in [0.25, 0.3) is 0 Å². The van der Waals surface area contributed by atoms with Gasteiger partial charge in [-0.25, -0.2) is 0 Å². The van der Waals surface area contributed by atoms with Crippen molar-refractivity contribution in [3.8, 4) is 0 Å². The summed E-state index contributed by atoms with van der Waals surface area (Å²) in [6.07, 6.45) is 1.20. The molecule has 26 heavy (non-hydrogen) atoms. The number of pyridine rings is 1. The highest BCUT2D eigenvalue weighted by Crippen LogP contribution is 2.38. The van der Waals surface area contributed by atoms with Gasteiger partial charge < -0.3 is 5.32 Å². The number of carbonyl (C=O) groups is 1. The second-order valence-corrected chi connectivity index (χ2v) is 6.96. The molecule has 0 fully saturated rings. The molecular formula is C20H15Cl2N3O. The van der Waals surface area contributed by atoms with Crippen molar-refractivity contribution in [1.29, 1.82) is 0 Å². The van der Waals surface area contributed by atoms with Crippen LogP contribution in [0.3, 0.4) is 0 Å². The Bertz CT molecular complexity index is 989. The summed E-state index contributed by atoms with van der Waals surface area (Å²) in [7, 11) is 0. The van der Waals surface area contributed by atoms with Gasteiger partial charge in [-0.2, -0.15) is 0 Å². The number of hydrogen-bond donors (Lipinski definition) is 1. The van der Waals surface area contributed by atoms with Gasteiger partial charge in [-0.1, -0.05) is 40.9 Å². The van der Waals surface area contributed by atoms with Gasteiger partial charge in [0.15, 0.2) is 6.17 Å². The standard InChI is InChI=1S/C20H15Cl2N3O/c1-12-4-7-14(8-5-12)25-19(18-15(20(25)26)3-2-10-23-18)24-17-11-13(21)6-9-16(17)22/h2-11,19,24H,1H3/t19-/m1/s1. The lowest BCUT2D eigenvalue weighted by Gasteiger charge is -2.27. The topological polar surface area (TPSA) is 45.2 Å². The normalized spacial score (nSPS) is 15.9. The summed E-state index contributed by atoms with van der Waals surface area (Å²) in [6.45, 7) is 2.01. The van der Waals surface area contributed by atoms with Crippen LogP contribution in [-0.4, -0.2) is 10.9 Å². The number of fused-ring (bicyclic) bond motifs is 1. The Labute approximate surface area is 161 Å². The first-order valence-corrected chi connectivity index (χ1v) is 8.87. The quantitative estimate of drug-likeness (QED) is 0.652. The fraction of sp³-hybridized carbons (Fsp3) is 0.100. The largest absolute Gasteiger partial charge is 0.359 e. The van der Waals surface area contributed by atoms with E-state index in [1.807, 2.05) is 31.2 Å². The van der Waals surface area contributed by atoms with Gasteiger partial charge in [0.1, 0.15) is 0 Å². The number of benzene rings is 2. The molecule has 1 N–H and O–H groups in total. The number of rotatable bonds is 3. The zero-order valence-corrected chi connectivity index (χ0v) is 15.4. The van der Waals surface area contributed by atoms with E-state index in [9.17, 15) is 4.79 Å². The third kappa shape index (κ3) is 2.91. The van der Waals surface area contributed by atoms with E-state index in [4.69, 9.17) is 23.2 Å². The highest BCUT2D eigenvalue weighted by molar-refractivity contribution is 6.35. The molecule has 0 saturated heterocycles. The van der Waals surface area contributed by atoms with Gasteiger partial charge >= 0.3 is 0 Å². The molecule has 1 atom stereocenters. The van der Waals surface area contributed by atoms with E-state index in [0.29, 0.717) is 27.0 Å². The van der Waals surface area contributed by atoms with Crippen LogP contribution in [0, 0.1) is 6.92 Å². The van der Waals surface area contributed by atoms with Gasteiger partial charge in [0.2, 0.25) is 0 Å². The van der Waals surface area contributed by atoms with Crippen LogP contribution in [0.1, 0.15) is 27.8 Å². The molecule has 1 amide bonds. The number of nitrogens with one attached hydrogen (secondary N) is 1. The van der Waals surface area contributed by atoms with Crippen molar-refractivity contribution in [2.45, 2.75) is 13.1 Å². The smallest absolute Gasteiger partial charge is 0.262 e. The van der Waals surface area contributed by atoms with Crippen LogP contribution in [-0.2, 0) is 0 Å². The fourth-order valence-corrected chi connectivity index (χ4v) is 3.39. The van der Waals surface area contributed by atoms with Crippen LogP contribution in [0.2, 0.25) is 10.0 Å². The average molecular weight is 384 g/mol. The van der Waals surface area contributed by atoms with E-state index in [-0.39, 0.29) is 5.91 Å². The molecule has 0 spiro atoms. The molecular weight excluding hydrogens is 369 g/mol. The third-order valence-corrected chi connectivity index (χ3v) is 4.90. The summed E-state index contributed by atoms with van der Waals surface area (Å²) in [4.78, 5) is 19.1. The highest BCUT2D eigenvalue weighted by atomic mass is 35.5. The number of carbonyl (C=O) groups excluding carboxylic acids is 1. The molecule has 3 aromatic rings. The maximum Gasteiger partial charge on any atom is 0.262 e. The van der Waals surface area contributed by atoms with Crippen molar-refractivity contribution in [2.75, 3.05) is 10.2 Å². The monoisotopic (exact) mass is 383 g/mol. The molecule has 0 radical (unpaired) electrons. The molecule has 0 aliphatic carbocycles. The first kappa shape index (κ1) is 16.9. The lowest BCUT2D eigenvalue weighted by molar-refractivity contribution is 0.0993. The van der Waals surface area contributed by atoms with Gasteiger partial charge in [0.25, 0.3) is 5.91 Å². The molecule has 130 valence electrons. The predicted molar refractivity (Wildman–Crippen MR) is 105 cm³/mol. The van der Waals surface area contributed by atoms with Crippen molar-refractivity contribution >= 4 is 40.5 Å². The molecule has 6 heteroatoms. The third-order valence-electron chi connectivity index (χ3n) is 4.34. The minimum atomic E-state index is -0.475. The molecule has 4 nitrogen and oxygen atoms in total. The molecule has 1 aromatic heterocycles. The zero-order valence-electron chi connectivity index (χ0n) is 13.9. The fourth-order valence-electron chi connectivity index (χ4n) is 3.05. The summed E-state index contributed by atoms with van der Waals surface area (Å²) in [5.41, 5.74) is 3.79. The average Bonchev–Trinajstić information content (AvgIpc) is 2.92. The number of anilines is 2. The van der Waals surface area contributed by atoms with Gasteiger partial charge in [0, 0.05) is 16.9 Å². The Morgan fingerprint density at radius 2 is 1.85 bits per heavy atom. The van der Waals surface area contributed by atoms with Gasteiger partial charge in [-0.05, 0) is 49.4 Å². The Kier molecular flexibility index (Phi) is 4.31.